The second kappa shape index (κ2) is 10.2. The largest absolute Gasteiger partial charge is 0.497 e. The van der Waals surface area contributed by atoms with E-state index in [0.717, 1.165) is 16.0 Å². The van der Waals surface area contributed by atoms with Crippen LogP contribution in [0, 0.1) is 0 Å². The number of amides is 1. The third-order valence-electron chi connectivity index (χ3n) is 5.05. The third kappa shape index (κ3) is 4.71. The molecule has 2 aromatic heterocycles. The topological polar surface area (TPSA) is 109 Å². The molecule has 0 atom stereocenters. The molecule has 0 saturated heterocycles. The lowest BCUT2D eigenvalue weighted by Gasteiger charge is -2.11. The molecule has 0 radical (unpaired) electrons. The summed E-state index contributed by atoms with van der Waals surface area (Å²) in [5.74, 6) is -0.410. The molecule has 9 nitrogen and oxygen atoms in total. The van der Waals surface area contributed by atoms with E-state index in [1.54, 1.807) is 48.7 Å². The summed E-state index contributed by atoms with van der Waals surface area (Å²) >= 11 is 7.15. The molecule has 180 valence electrons. The molecule has 0 fully saturated rings. The monoisotopic (exact) mass is 513 g/mol. The summed E-state index contributed by atoms with van der Waals surface area (Å²) in [6.07, 6.45) is 0. The maximum absolute atomic E-state index is 13.6. The molecule has 1 N–H and O–H groups in total. The molecule has 0 unspecified atom stereocenters. The first-order valence-electron chi connectivity index (χ1n) is 10.4. The minimum atomic E-state index is -0.693. The Balaban J connectivity index is 1.89. The van der Waals surface area contributed by atoms with Gasteiger partial charge in [-0.05, 0) is 37.3 Å². The zero-order chi connectivity index (χ0) is 25.1. The van der Waals surface area contributed by atoms with Gasteiger partial charge in [0.25, 0.3) is 11.5 Å². The van der Waals surface area contributed by atoms with Crippen LogP contribution in [0.3, 0.4) is 0 Å². The van der Waals surface area contributed by atoms with Gasteiger partial charge in [-0.25, -0.2) is 4.79 Å². The number of carbonyl (C=O) groups excluding carboxylic acids is 2. The number of halogens is 1. The van der Waals surface area contributed by atoms with Crippen molar-refractivity contribution in [3.63, 3.8) is 0 Å². The molecule has 0 spiro atoms. The lowest BCUT2D eigenvalue weighted by molar-refractivity contribution is 0.0520. The molecule has 11 heteroatoms. The van der Waals surface area contributed by atoms with Crippen molar-refractivity contribution in [2.75, 3.05) is 26.1 Å². The van der Waals surface area contributed by atoms with E-state index in [1.165, 1.54) is 20.3 Å². The number of esters is 1. The van der Waals surface area contributed by atoms with Crippen molar-refractivity contribution in [3.05, 3.63) is 74.5 Å². The number of fused-ring (bicyclic) bond motifs is 1. The van der Waals surface area contributed by atoms with Gasteiger partial charge in [-0.2, -0.15) is 9.78 Å². The van der Waals surface area contributed by atoms with Crippen LogP contribution in [0.25, 0.3) is 16.5 Å². The third-order valence-corrected chi connectivity index (χ3v) is 6.18. The van der Waals surface area contributed by atoms with Crippen LogP contribution in [0.2, 0.25) is 5.02 Å². The van der Waals surface area contributed by atoms with E-state index in [0.29, 0.717) is 22.2 Å². The number of anilines is 1. The molecule has 0 bridgehead atoms. The maximum Gasteiger partial charge on any atom is 0.359 e. The molecule has 0 aliphatic carbocycles. The van der Waals surface area contributed by atoms with Crippen molar-refractivity contribution in [1.29, 1.82) is 0 Å². The highest BCUT2D eigenvalue weighted by molar-refractivity contribution is 7.16. The molecular weight excluding hydrogens is 494 g/mol. The van der Waals surface area contributed by atoms with Crippen LogP contribution in [0.1, 0.15) is 27.8 Å². The summed E-state index contributed by atoms with van der Waals surface area (Å²) in [6, 6.07) is 11.3. The van der Waals surface area contributed by atoms with E-state index in [9.17, 15) is 14.4 Å². The van der Waals surface area contributed by atoms with E-state index in [2.05, 4.69) is 10.4 Å². The zero-order valence-electron chi connectivity index (χ0n) is 19.0. The van der Waals surface area contributed by atoms with Gasteiger partial charge < -0.3 is 19.5 Å². The molecule has 35 heavy (non-hydrogen) atoms. The molecule has 0 aliphatic heterocycles. The average molecular weight is 514 g/mol. The van der Waals surface area contributed by atoms with Crippen molar-refractivity contribution in [2.45, 2.75) is 6.92 Å². The van der Waals surface area contributed by atoms with Gasteiger partial charge >= 0.3 is 5.97 Å². The van der Waals surface area contributed by atoms with Crippen LogP contribution >= 0.6 is 22.9 Å². The summed E-state index contributed by atoms with van der Waals surface area (Å²) < 4.78 is 16.8. The van der Waals surface area contributed by atoms with Crippen LogP contribution in [0.15, 0.2) is 52.6 Å². The predicted molar refractivity (Wildman–Crippen MR) is 134 cm³/mol. The molecule has 4 aromatic rings. The summed E-state index contributed by atoms with van der Waals surface area (Å²) in [5.41, 5.74) is -0.0200. The highest BCUT2D eigenvalue weighted by Gasteiger charge is 2.24. The second-order valence-corrected chi connectivity index (χ2v) is 8.46. The van der Waals surface area contributed by atoms with Crippen LogP contribution in [-0.2, 0) is 4.74 Å². The first kappa shape index (κ1) is 24.2. The quantitative estimate of drug-likeness (QED) is 0.361. The Bertz CT molecular complexity index is 1500. The smallest absolute Gasteiger partial charge is 0.359 e. The highest BCUT2D eigenvalue weighted by atomic mass is 35.5. The van der Waals surface area contributed by atoms with E-state index in [4.69, 9.17) is 25.8 Å². The van der Waals surface area contributed by atoms with Crippen molar-refractivity contribution >= 4 is 50.6 Å². The minimum absolute atomic E-state index is 0.0543. The van der Waals surface area contributed by atoms with Gasteiger partial charge in [-0.1, -0.05) is 17.7 Å². The molecule has 4 rings (SSSR count). The standard InChI is InChI=1S/C24H20ClN3O6S/c1-4-34-24(31)20-17-12-35-22(26-21(29)16-10-13(25)8-9-18(16)33-3)19(17)23(30)28(27-20)14-6-5-7-15(11-14)32-2/h5-12H,4H2,1-3H3,(H,26,29). The number of carbonyl (C=O) groups is 2. The zero-order valence-corrected chi connectivity index (χ0v) is 20.5. The molecule has 0 saturated carbocycles. The Hall–Kier alpha value is -3.89. The van der Waals surface area contributed by atoms with Crippen molar-refractivity contribution in [1.82, 2.24) is 9.78 Å². The predicted octanol–water partition coefficient (Wildman–Crippen LogP) is 4.55. The normalized spacial score (nSPS) is 10.7. The van der Waals surface area contributed by atoms with Crippen LogP contribution in [0.4, 0.5) is 5.00 Å². The Kier molecular flexibility index (Phi) is 7.04. The average Bonchev–Trinajstić information content (AvgIpc) is 3.28. The number of benzene rings is 2. The van der Waals surface area contributed by atoms with E-state index < -0.39 is 17.4 Å². The SMILES string of the molecule is CCOC(=O)c1nn(-c2cccc(OC)c2)c(=O)c2c(NC(=O)c3cc(Cl)ccc3OC)scc12. The summed E-state index contributed by atoms with van der Waals surface area (Å²) in [5, 5.41) is 9.58. The number of hydrogen-bond donors (Lipinski definition) is 1. The number of ether oxygens (including phenoxy) is 3. The molecule has 1 amide bonds. The highest BCUT2D eigenvalue weighted by Crippen LogP contribution is 2.32. The van der Waals surface area contributed by atoms with E-state index in [1.807, 2.05) is 0 Å². The van der Waals surface area contributed by atoms with Crippen molar-refractivity contribution < 1.29 is 23.8 Å². The van der Waals surface area contributed by atoms with Crippen LogP contribution in [-0.4, -0.2) is 42.5 Å². The summed E-state index contributed by atoms with van der Waals surface area (Å²) in [6.45, 7) is 1.80. The van der Waals surface area contributed by atoms with Crippen LogP contribution in [0.5, 0.6) is 11.5 Å². The number of methoxy groups -OCH3 is 2. The number of aromatic nitrogens is 2. The number of hydrogen-bond acceptors (Lipinski definition) is 8. The van der Waals surface area contributed by atoms with E-state index >= 15 is 0 Å². The minimum Gasteiger partial charge on any atom is -0.497 e. The van der Waals surface area contributed by atoms with Crippen molar-refractivity contribution in [3.8, 4) is 17.2 Å². The second-order valence-electron chi connectivity index (χ2n) is 7.14. The fourth-order valence-electron chi connectivity index (χ4n) is 3.44. The van der Waals surface area contributed by atoms with Crippen LogP contribution < -0.4 is 20.3 Å². The molecule has 0 aliphatic rings. The first-order chi connectivity index (χ1) is 16.9. The number of rotatable bonds is 7. The van der Waals surface area contributed by atoms with Gasteiger partial charge in [0.05, 0.1) is 37.5 Å². The Morgan fingerprint density at radius 1 is 1.14 bits per heavy atom. The Morgan fingerprint density at radius 2 is 1.94 bits per heavy atom. The number of nitrogens with zero attached hydrogens (tertiary/aromatic N) is 2. The lowest BCUT2D eigenvalue weighted by Crippen LogP contribution is -2.25. The van der Waals surface area contributed by atoms with Gasteiger partial charge in [0, 0.05) is 21.9 Å². The summed E-state index contributed by atoms with van der Waals surface area (Å²) in [4.78, 5) is 39.4. The van der Waals surface area contributed by atoms with Crippen molar-refractivity contribution in [2.24, 2.45) is 0 Å². The fraction of sp³-hybridized carbons (Fsp3) is 0.167. The maximum atomic E-state index is 13.6. The molecule has 2 aromatic carbocycles. The molecular formula is C24H20ClN3O6S. The number of nitrogens with one attached hydrogen (secondary N) is 1. The van der Waals surface area contributed by atoms with Gasteiger partial charge in [0.2, 0.25) is 0 Å². The van der Waals surface area contributed by atoms with Gasteiger partial charge in [-0.15, -0.1) is 11.3 Å². The van der Waals surface area contributed by atoms with Gasteiger partial charge in [0.1, 0.15) is 16.5 Å². The summed E-state index contributed by atoms with van der Waals surface area (Å²) in [7, 11) is 2.93. The Labute approximate surface area is 208 Å². The van der Waals surface area contributed by atoms with Gasteiger partial charge in [0.15, 0.2) is 5.69 Å². The fourth-order valence-corrected chi connectivity index (χ4v) is 4.54. The van der Waals surface area contributed by atoms with Gasteiger partial charge in [-0.3, -0.25) is 9.59 Å². The van der Waals surface area contributed by atoms with E-state index in [-0.39, 0.29) is 33.6 Å². The molecule has 2 heterocycles. The first-order valence-corrected chi connectivity index (χ1v) is 11.6. The lowest BCUT2D eigenvalue weighted by atomic mass is 10.1. The Morgan fingerprint density at radius 3 is 2.66 bits per heavy atom. The number of thiophene rings is 1.